The molecule has 0 aliphatic heterocycles. The number of carboxylic acids is 1. The van der Waals surface area contributed by atoms with Gasteiger partial charge in [0.05, 0.1) is 5.56 Å². The molecule has 0 aliphatic rings. The first-order valence-corrected chi connectivity index (χ1v) is 5.72. The van der Waals surface area contributed by atoms with Crippen LogP contribution in [0, 0.1) is 0 Å². The monoisotopic (exact) mass is 274 g/mol. The summed E-state index contributed by atoms with van der Waals surface area (Å²) in [4.78, 5) is 11.0. The van der Waals surface area contributed by atoms with Crippen molar-refractivity contribution >= 4 is 11.6 Å². The number of pyridine rings is 1. The van der Waals surface area contributed by atoms with Crippen LogP contribution in [0.2, 0.25) is 0 Å². The number of rotatable bonds is 4. The molecule has 0 spiro atoms. The molecule has 0 aliphatic carbocycles. The Hall–Kier alpha value is -2.74. The van der Waals surface area contributed by atoms with E-state index in [0.717, 1.165) is 0 Å². The molecule has 0 unspecified atom stereocenters. The van der Waals surface area contributed by atoms with Crippen molar-refractivity contribution in [1.29, 1.82) is 0 Å². The Bertz CT molecular complexity index is 777. The lowest BCUT2D eigenvalue weighted by Crippen LogP contribution is -1.99. The van der Waals surface area contributed by atoms with Crippen LogP contribution in [0.15, 0.2) is 28.9 Å². The smallest absolute Gasteiger partial charge is 0.337 e. The number of hydrogen-bond donors (Lipinski definition) is 1. The van der Waals surface area contributed by atoms with Crippen molar-refractivity contribution < 1.29 is 19.2 Å². The second-order valence-corrected chi connectivity index (χ2v) is 4.09. The fourth-order valence-corrected chi connectivity index (χ4v) is 1.82. The van der Waals surface area contributed by atoms with Gasteiger partial charge in [-0.3, -0.25) is 4.40 Å². The summed E-state index contributed by atoms with van der Waals surface area (Å²) in [5, 5.41) is 20.8. The van der Waals surface area contributed by atoms with Crippen LogP contribution in [0.25, 0.3) is 17.2 Å². The van der Waals surface area contributed by atoms with Crippen molar-refractivity contribution in [2.24, 2.45) is 0 Å². The second-order valence-electron chi connectivity index (χ2n) is 4.09. The molecule has 3 aromatic heterocycles. The normalized spacial score (nSPS) is 11.1. The third kappa shape index (κ3) is 2.01. The van der Waals surface area contributed by atoms with E-state index >= 15 is 0 Å². The van der Waals surface area contributed by atoms with E-state index in [2.05, 4.69) is 15.4 Å². The molecule has 8 heteroatoms. The minimum Gasteiger partial charge on any atom is -0.478 e. The molecule has 0 radical (unpaired) electrons. The first kappa shape index (κ1) is 12.3. The van der Waals surface area contributed by atoms with E-state index in [4.69, 9.17) is 14.4 Å². The summed E-state index contributed by atoms with van der Waals surface area (Å²) in [6, 6.07) is 4.72. The second kappa shape index (κ2) is 4.74. The van der Waals surface area contributed by atoms with E-state index < -0.39 is 5.97 Å². The van der Waals surface area contributed by atoms with Crippen molar-refractivity contribution in [2.45, 2.75) is 6.61 Å². The summed E-state index contributed by atoms with van der Waals surface area (Å²) < 4.78 is 11.6. The number of methoxy groups -OCH3 is 1. The number of aromatic carboxylic acids is 1. The molecule has 20 heavy (non-hydrogen) atoms. The number of carboxylic acid groups (broad SMARTS) is 1. The van der Waals surface area contributed by atoms with Gasteiger partial charge in [0, 0.05) is 19.4 Å². The molecule has 3 aromatic rings. The molecule has 1 N–H and O–H groups in total. The summed E-state index contributed by atoms with van der Waals surface area (Å²) in [6.45, 7) is 0.296. The molecule has 0 saturated heterocycles. The molecule has 3 heterocycles. The van der Waals surface area contributed by atoms with Gasteiger partial charge in [0.1, 0.15) is 6.61 Å². The van der Waals surface area contributed by atoms with Crippen LogP contribution in [0.5, 0.6) is 0 Å². The minimum atomic E-state index is -1.02. The van der Waals surface area contributed by atoms with Crippen molar-refractivity contribution in [3.63, 3.8) is 0 Å². The lowest BCUT2D eigenvalue weighted by Gasteiger charge is -1.98. The Labute approximate surface area is 112 Å². The van der Waals surface area contributed by atoms with E-state index in [1.807, 2.05) is 0 Å². The third-order valence-electron chi connectivity index (χ3n) is 2.72. The number of aromatic nitrogens is 4. The maximum atomic E-state index is 11.0. The van der Waals surface area contributed by atoms with Crippen LogP contribution in [0.1, 0.15) is 16.1 Å². The highest BCUT2D eigenvalue weighted by Crippen LogP contribution is 2.19. The Morgan fingerprint density at radius 1 is 1.45 bits per heavy atom. The highest BCUT2D eigenvalue weighted by molar-refractivity contribution is 5.87. The van der Waals surface area contributed by atoms with Crippen molar-refractivity contribution in [1.82, 2.24) is 19.8 Å². The van der Waals surface area contributed by atoms with Crippen LogP contribution in [-0.2, 0) is 11.3 Å². The maximum Gasteiger partial charge on any atom is 0.337 e. The van der Waals surface area contributed by atoms with Gasteiger partial charge < -0.3 is 14.4 Å². The van der Waals surface area contributed by atoms with Gasteiger partial charge in [-0.2, -0.15) is 0 Å². The van der Waals surface area contributed by atoms with Gasteiger partial charge in [0.2, 0.25) is 0 Å². The average molecular weight is 274 g/mol. The summed E-state index contributed by atoms with van der Waals surface area (Å²) in [7, 11) is 1.55. The molecule has 8 nitrogen and oxygen atoms in total. The van der Waals surface area contributed by atoms with Gasteiger partial charge in [0.15, 0.2) is 22.9 Å². The van der Waals surface area contributed by atoms with Gasteiger partial charge in [0.25, 0.3) is 0 Å². The van der Waals surface area contributed by atoms with Crippen LogP contribution < -0.4 is 0 Å². The molecular formula is C12H10N4O4. The van der Waals surface area contributed by atoms with Crippen LogP contribution >= 0.6 is 0 Å². The summed E-state index contributed by atoms with van der Waals surface area (Å²) in [5.41, 5.74) is 1.13. The first-order chi connectivity index (χ1) is 9.69. The zero-order valence-electron chi connectivity index (χ0n) is 10.5. The molecule has 0 amide bonds. The predicted octanol–water partition coefficient (Wildman–Crippen LogP) is 1.23. The van der Waals surface area contributed by atoms with Crippen LogP contribution in [0.3, 0.4) is 0 Å². The SMILES string of the molecule is COCc1cc(-c2nnc3ccc(C(=O)O)cn23)no1. The number of ether oxygens (including phenoxy) is 1. The molecule has 0 bridgehead atoms. The summed E-state index contributed by atoms with van der Waals surface area (Å²) >= 11 is 0. The van der Waals surface area contributed by atoms with Crippen molar-refractivity contribution in [2.75, 3.05) is 7.11 Å². The first-order valence-electron chi connectivity index (χ1n) is 5.72. The van der Waals surface area contributed by atoms with Crippen molar-refractivity contribution in [3.8, 4) is 11.5 Å². The predicted molar refractivity (Wildman–Crippen MR) is 66.2 cm³/mol. The van der Waals surface area contributed by atoms with E-state index in [0.29, 0.717) is 29.5 Å². The number of hydrogen-bond acceptors (Lipinski definition) is 6. The number of nitrogens with zero attached hydrogens (tertiary/aromatic N) is 4. The van der Waals surface area contributed by atoms with Gasteiger partial charge in [-0.15, -0.1) is 10.2 Å². The van der Waals surface area contributed by atoms with Crippen LogP contribution in [-0.4, -0.2) is 37.9 Å². The Kier molecular flexibility index (Phi) is 2.92. The standard InChI is InChI=1S/C12H10N4O4/c1-19-6-8-4-9(15-20-8)11-14-13-10-3-2-7(12(17)18)5-16(10)11/h2-5H,6H2,1H3,(H,17,18). The Balaban J connectivity index is 2.10. The molecule has 3 rings (SSSR count). The quantitative estimate of drug-likeness (QED) is 0.763. The summed E-state index contributed by atoms with van der Waals surface area (Å²) in [5.74, 6) is -0.0605. The van der Waals surface area contributed by atoms with Crippen molar-refractivity contribution in [3.05, 3.63) is 35.7 Å². The Morgan fingerprint density at radius 2 is 2.30 bits per heavy atom. The van der Waals surface area contributed by atoms with Crippen LogP contribution in [0.4, 0.5) is 0 Å². The number of fused-ring (bicyclic) bond motifs is 1. The van der Waals surface area contributed by atoms with E-state index in [-0.39, 0.29) is 5.56 Å². The minimum absolute atomic E-state index is 0.138. The molecular weight excluding hydrogens is 264 g/mol. The summed E-state index contributed by atoms with van der Waals surface area (Å²) in [6.07, 6.45) is 1.44. The van der Waals surface area contributed by atoms with Gasteiger partial charge in [-0.1, -0.05) is 5.16 Å². The van der Waals surface area contributed by atoms with Gasteiger partial charge in [-0.05, 0) is 12.1 Å². The molecule has 0 atom stereocenters. The average Bonchev–Trinajstić information content (AvgIpc) is 3.04. The highest BCUT2D eigenvalue weighted by atomic mass is 16.5. The lowest BCUT2D eigenvalue weighted by atomic mass is 10.3. The Morgan fingerprint density at radius 3 is 3.05 bits per heavy atom. The van der Waals surface area contributed by atoms with Gasteiger partial charge >= 0.3 is 5.97 Å². The fraction of sp³-hybridized carbons (Fsp3) is 0.167. The maximum absolute atomic E-state index is 11.0. The number of carbonyl (C=O) groups is 1. The third-order valence-corrected chi connectivity index (χ3v) is 2.72. The molecule has 0 saturated carbocycles. The molecule has 0 aromatic carbocycles. The van der Waals surface area contributed by atoms with E-state index in [1.54, 1.807) is 23.6 Å². The lowest BCUT2D eigenvalue weighted by molar-refractivity contribution is 0.0696. The van der Waals surface area contributed by atoms with Gasteiger partial charge in [-0.25, -0.2) is 4.79 Å². The largest absolute Gasteiger partial charge is 0.478 e. The fourth-order valence-electron chi connectivity index (χ4n) is 1.82. The molecule has 0 fully saturated rings. The van der Waals surface area contributed by atoms with E-state index in [9.17, 15) is 4.79 Å². The molecule has 102 valence electrons. The topological polar surface area (TPSA) is 103 Å². The van der Waals surface area contributed by atoms with E-state index in [1.165, 1.54) is 12.3 Å². The zero-order chi connectivity index (χ0) is 14.1. The highest BCUT2D eigenvalue weighted by Gasteiger charge is 2.14. The zero-order valence-corrected chi connectivity index (χ0v) is 10.5.